The number of carbonyl (C=O) groups excluding carboxylic acids is 1. The molecule has 0 aromatic carbocycles. The molecule has 0 radical (unpaired) electrons. The van der Waals surface area contributed by atoms with Crippen LogP contribution in [0.25, 0.3) is 0 Å². The third-order valence-corrected chi connectivity index (χ3v) is 3.54. The van der Waals surface area contributed by atoms with Crippen molar-refractivity contribution >= 4 is 33.2 Å². The lowest BCUT2D eigenvalue weighted by Crippen LogP contribution is -2.30. The van der Waals surface area contributed by atoms with Crippen molar-refractivity contribution in [3.8, 4) is 6.07 Å². The van der Waals surface area contributed by atoms with Gasteiger partial charge in [-0.05, 0) is 39.9 Å². The molecule has 1 aromatic heterocycles. The van der Waals surface area contributed by atoms with Crippen molar-refractivity contribution in [3.63, 3.8) is 0 Å². The van der Waals surface area contributed by atoms with Crippen molar-refractivity contribution in [1.82, 2.24) is 4.90 Å². The van der Waals surface area contributed by atoms with Gasteiger partial charge in [0.15, 0.2) is 0 Å². The number of thiophene rings is 1. The summed E-state index contributed by atoms with van der Waals surface area (Å²) >= 11 is 4.95. The van der Waals surface area contributed by atoms with Gasteiger partial charge in [0.1, 0.15) is 5.92 Å². The molecule has 0 aliphatic rings. The Kier molecular flexibility index (Phi) is 4.30. The molecule has 3 nitrogen and oxygen atoms in total. The number of nitrogens with zero attached hydrogens (tertiary/aromatic N) is 2. The number of amides is 1. The molecule has 1 amide bonds. The molecule has 0 N–H and O–H groups in total. The number of hydrogen-bond acceptors (Lipinski definition) is 3. The predicted octanol–water partition coefficient (Wildman–Crippen LogP) is 2.63. The van der Waals surface area contributed by atoms with Crippen molar-refractivity contribution < 1.29 is 4.79 Å². The van der Waals surface area contributed by atoms with E-state index >= 15 is 0 Å². The van der Waals surface area contributed by atoms with Crippen LogP contribution in [0.2, 0.25) is 0 Å². The van der Waals surface area contributed by atoms with Crippen LogP contribution in [0.5, 0.6) is 0 Å². The van der Waals surface area contributed by atoms with E-state index < -0.39 is 5.92 Å². The van der Waals surface area contributed by atoms with E-state index in [1.54, 1.807) is 30.2 Å². The number of hydrogen-bond donors (Lipinski definition) is 0. The van der Waals surface area contributed by atoms with Crippen LogP contribution in [0.4, 0.5) is 0 Å². The van der Waals surface area contributed by atoms with Crippen molar-refractivity contribution in [2.24, 2.45) is 5.92 Å². The van der Waals surface area contributed by atoms with Gasteiger partial charge in [-0.15, -0.1) is 11.3 Å². The molecule has 1 aromatic rings. The smallest absolute Gasteiger partial charge is 0.239 e. The summed E-state index contributed by atoms with van der Waals surface area (Å²) in [6.07, 6.45) is 0. The second kappa shape index (κ2) is 5.29. The Morgan fingerprint density at radius 1 is 1.80 bits per heavy atom. The highest BCUT2D eigenvalue weighted by Crippen LogP contribution is 2.21. The average Bonchev–Trinajstić information content (AvgIpc) is 2.61. The van der Waals surface area contributed by atoms with Gasteiger partial charge in [-0.3, -0.25) is 4.79 Å². The largest absolute Gasteiger partial charge is 0.340 e. The van der Waals surface area contributed by atoms with Gasteiger partial charge in [-0.2, -0.15) is 5.26 Å². The first-order chi connectivity index (χ1) is 7.04. The Bertz CT molecular complexity index is 396. The standard InChI is InChI=1S/C10H11BrN2OS/c1-7(4-12)10(14)13(2)5-8-3-9(11)15-6-8/h3,6-7H,5H2,1-2H3. The number of rotatable bonds is 3. The Hall–Kier alpha value is -0.860. The zero-order valence-electron chi connectivity index (χ0n) is 8.53. The van der Waals surface area contributed by atoms with Gasteiger partial charge in [-0.25, -0.2) is 0 Å². The van der Waals surface area contributed by atoms with E-state index in [2.05, 4.69) is 15.9 Å². The zero-order valence-corrected chi connectivity index (χ0v) is 10.9. The van der Waals surface area contributed by atoms with Gasteiger partial charge in [0.2, 0.25) is 5.91 Å². The Balaban J connectivity index is 2.60. The topological polar surface area (TPSA) is 44.1 Å². The maximum atomic E-state index is 11.6. The first-order valence-corrected chi connectivity index (χ1v) is 6.09. The highest BCUT2D eigenvalue weighted by Gasteiger charge is 2.16. The van der Waals surface area contributed by atoms with E-state index in [9.17, 15) is 4.79 Å². The minimum atomic E-state index is -0.572. The molecule has 1 heterocycles. The quantitative estimate of drug-likeness (QED) is 0.857. The van der Waals surface area contributed by atoms with E-state index in [0.29, 0.717) is 6.54 Å². The average molecular weight is 287 g/mol. The molecule has 1 rings (SSSR count). The normalized spacial score (nSPS) is 11.9. The molecule has 1 atom stereocenters. The summed E-state index contributed by atoms with van der Waals surface area (Å²) in [5.41, 5.74) is 1.08. The van der Waals surface area contributed by atoms with Crippen LogP contribution >= 0.6 is 27.3 Å². The van der Waals surface area contributed by atoms with Crippen LogP contribution in [-0.4, -0.2) is 17.9 Å². The second-order valence-electron chi connectivity index (χ2n) is 3.30. The maximum absolute atomic E-state index is 11.6. The molecular weight excluding hydrogens is 276 g/mol. The van der Waals surface area contributed by atoms with E-state index in [4.69, 9.17) is 5.26 Å². The van der Waals surface area contributed by atoms with Crippen LogP contribution in [0.3, 0.4) is 0 Å². The van der Waals surface area contributed by atoms with E-state index in [1.807, 2.05) is 17.5 Å². The lowest BCUT2D eigenvalue weighted by Gasteiger charge is -2.17. The molecule has 0 bridgehead atoms. The molecule has 1 unspecified atom stereocenters. The van der Waals surface area contributed by atoms with Crippen molar-refractivity contribution in [1.29, 1.82) is 5.26 Å². The SMILES string of the molecule is CC(C#N)C(=O)N(C)Cc1csc(Br)c1. The summed E-state index contributed by atoms with van der Waals surface area (Å²) < 4.78 is 1.05. The molecule has 80 valence electrons. The van der Waals surface area contributed by atoms with Gasteiger partial charge in [0.25, 0.3) is 0 Å². The first-order valence-electron chi connectivity index (χ1n) is 4.42. The summed E-state index contributed by atoms with van der Waals surface area (Å²) in [6.45, 7) is 2.16. The molecule has 15 heavy (non-hydrogen) atoms. The van der Waals surface area contributed by atoms with Crippen molar-refractivity contribution in [3.05, 3.63) is 20.8 Å². The third kappa shape index (κ3) is 3.33. The molecule has 0 aliphatic heterocycles. The van der Waals surface area contributed by atoms with Crippen LogP contribution in [0.1, 0.15) is 12.5 Å². The lowest BCUT2D eigenvalue weighted by molar-refractivity contribution is -0.132. The third-order valence-electron chi connectivity index (χ3n) is 1.98. The molecule has 0 fully saturated rings. The van der Waals surface area contributed by atoms with Crippen molar-refractivity contribution in [2.45, 2.75) is 13.5 Å². The van der Waals surface area contributed by atoms with Crippen LogP contribution in [0, 0.1) is 17.2 Å². The summed E-state index contributed by atoms with van der Waals surface area (Å²) in [5, 5.41) is 10.6. The Morgan fingerprint density at radius 2 is 2.47 bits per heavy atom. The molecule has 0 saturated carbocycles. The second-order valence-corrected chi connectivity index (χ2v) is 5.59. The van der Waals surface area contributed by atoms with E-state index in [1.165, 1.54) is 0 Å². The monoisotopic (exact) mass is 286 g/mol. The van der Waals surface area contributed by atoms with Gasteiger partial charge in [-0.1, -0.05) is 0 Å². The van der Waals surface area contributed by atoms with Crippen LogP contribution < -0.4 is 0 Å². The molecular formula is C10H11BrN2OS. The number of carbonyl (C=O) groups is 1. The number of halogens is 1. The summed E-state index contributed by atoms with van der Waals surface area (Å²) in [6, 6.07) is 3.92. The fourth-order valence-corrected chi connectivity index (χ4v) is 2.37. The van der Waals surface area contributed by atoms with Crippen LogP contribution in [0.15, 0.2) is 15.2 Å². The summed E-state index contributed by atoms with van der Waals surface area (Å²) in [7, 11) is 1.71. The molecule has 0 spiro atoms. The molecule has 0 aliphatic carbocycles. The van der Waals surface area contributed by atoms with Gasteiger partial charge >= 0.3 is 0 Å². The summed E-state index contributed by atoms with van der Waals surface area (Å²) in [5.74, 6) is -0.711. The fourth-order valence-electron chi connectivity index (χ4n) is 1.17. The summed E-state index contributed by atoms with van der Waals surface area (Å²) in [4.78, 5) is 13.2. The van der Waals surface area contributed by atoms with Gasteiger partial charge in [0.05, 0.1) is 9.86 Å². The highest BCUT2D eigenvalue weighted by molar-refractivity contribution is 9.11. The first kappa shape index (κ1) is 12.2. The van der Waals surface area contributed by atoms with Crippen LogP contribution in [-0.2, 0) is 11.3 Å². The highest BCUT2D eigenvalue weighted by atomic mass is 79.9. The maximum Gasteiger partial charge on any atom is 0.239 e. The molecule has 5 heteroatoms. The van der Waals surface area contributed by atoms with Gasteiger partial charge < -0.3 is 4.90 Å². The van der Waals surface area contributed by atoms with E-state index in [-0.39, 0.29) is 5.91 Å². The predicted molar refractivity (Wildman–Crippen MR) is 63.3 cm³/mol. The minimum absolute atomic E-state index is 0.139. The van der Waals surface area contributed by atoms with Crippen molar-refractivity contribution in [2.75, 3.05) is 7.05 Å². The van der Waals surface area contributed by atoms with E-state index in [0.717, 1.165) is 9.35 Å². The minimum Gasteiger partial charge on any atom is -0.340 e. The lowest BCUT2D eigenvalue weighted by atomic mass is 10.2. The van der Waals surface area contributed by atoms with Gasteiger partial charge in [0, 0.05) is 13.6 Å². The zero-order chi connectivity index (χ0) is 11.4. The fraction of sp³-hybridized carbons (Fsp3) is 0.400. The Morgan fingerprint density at radius 3 is 2.93 bits per heavy atom. The number of nitriles is 1. The molecule has 0 saturated heterocycles. The Labute approximate surface area is 101 Å².